The lowest BCUT2D eigenvalue weighted by Gasteiger charge is -2.35. The summed E-state index contributed by atoms with van der Waals surface area (Å²) >= 11 is 1.58. The van der Waals surface area contributed by atoms with Gasteiger partial charge in [-0.1, -0.05) is 51.0 Å². The number of hydrogen-bond acceptors (Lipinski definition) is 8. The molecule has 0 bridgehead atoms. The highest BCUT2D eigenvalue weighted by Crippen LogP contribution is 2.28. The van der Waals surface area contributed by atoms with E-state index in [2.05, 4.69) is 21.5 Å². The van der Waals surface area contributed by atoms with E-state index < -0.39 is 29.5 Å². The van der Waals surface area contributed by atoms with E-state index in [0.717, 1.165) is 21.7 Å². The molecule has 222 valence electrons. The second-order valence-corrected chi connectivity index (χ2v) is 11.9. The smallest absolute Gasteiger partial charge is 0.246 e. The Balaban J connectivity index is 1.57. The Hall–Kier alpha value is -3.30. The summed E-state index contributed by atoms with van der Waals surface area (Å²) in [6.45, 7) is 8.78. The summed E-state index contributed by atoms with van der Waals surface area (Å²) in [7, 11) is 0. The predicted octanol–water partition coefficient (Wildman–Crippen LogP) is 2.28. The van der Waals surface area contributed by atoms with Crippen molar-refractivity contribution < 1.29 is 29.0 Å². The van der Waals surface area contributed by atoms with Gasteiger partial charge < -0.3 is 30.1 Å². The zero-order chi connectivity index (χ0) is 30.0. The fourth-order valence-electron chi connectivity index (χ4n) is 4.53. The summed E-state index contributed by atoms with van der Waals surface area (Å²) in [5.41, 5.74) is 4.12. The van der Waals surface area contributed by atoms with Crippen LogP contribution in [-0.2, 0) is 30.4 Å². The van der Waals surface area contributed by atoms with Gasteiger partial charge in [-0.25, -0.2) is 4.98 Å². The molecule has 1 aromatic carbocycles. The third-order valence-corrected chi connectivity index (χ3v) is 7.72. The van der Waals surface area contributed by atoms with E-state index in [-0.39, 0.29) is 51.0 Å². The van der Waals surface area contributed by atoms with Crippen molar-refractivity contribution in [3.8, 4) is 22.8 Å². The first-order valence-corrected chi connectivity index (χ1v) is 14.5. The molecule has 2 heterocycles. The molecule has 41 heavy (non-hydrogen) atoms. The Morgan fingerprint density at radius 3 is 2.54 bits per heavy atom. The number of rotatable bonds is 13. The van der Waals surface area contributed by atoms with Crippen molar-refractivity contribution in [3.63, 3.8) is 0 Å². The van der Waals surface area contributed by atoms with E-state index in [9.17, 15) is 19.5 Å². The number of hydrogen-bond donors (Lipinski definition) is 3. The van der Waals surface area contributed by atoms with Crippen molar-refractivity contribution in [3.05, 3.63) is 41.0 Å². The van der Waals surface area contributed by atoms with Crippen LogP contribution in [0.15, 0.2) is 29.8 Å². The van der Waals surface area contributed by atoms with Gasteiger partial charge in [-0.05, 0) is 23.5 Å². The van der Waals surface area contributed by atoms with Crippen molar-refractivity contribution in [2.24, 2.45) is 5.41 Å². The molecule has 0 saturated carbocycles. The number of thiazole rings is 1. The third kappa shape index (κ3) is 9.36. The van der Waals surface area contributed by atoms with Crippen molar-refractivity contribution >= 4 is 29.1 Å². The van der Waals surface area contributed by atoms with Crippen LogP contribution in [0.1, 0.15) is 44.9 Å². The minimum absolute atomic E-state index is 0.0169. The molecular weight excluding hydrogens is 544 g/mol. The highest BCUT2D eigenvalue weighted by atomic mass is 32.1. The van der Waals surface area contributed by atoms with E-state index in [1.54, 1.807) is 11.3 Å². The van der Waals surface area contributed by atoms with Crippen LogP contribution in [0.25, 0.3) is 10.4 Å². The number of aromatic nitrogens is 1. The number of terminal acetylenes is 1. The van der Waals surface area contributed by atoms with Gasteiger partial charge in [0, 0.05) is 25.9 Å². The maximum atomic E-state index is 13.7. The number of carbonyl (C=O) groups is 3. The van der Waals surface area contributed by atoms with Gasteiger partial charge in [0.15, 0.2) is 0 Å². The van der Waals surface area contributed by atoms with Crippen molar-refractivity contribution in [2.45, 2.75) is 65.3 Å². The second-order valence-electron chi connectivity index (χ2n) is 11.1. The van der Waals surface area contributed by atoms with Gasteiger partial charge in [0.05, 0.1) is 42.0 Å². The van der Waals surface area contributed by atoms with Crippen molar-refractivity contribution in [2.75, 3.05) is 33.0 Å². The molecule has 0 unspecified atom stereocenters. The number of carbonyl (C=O) groups excluding carboxylic acids is 3. The lowest BCUT2D eigenvalue weighted by atomic mass is 9.85. The fourth-order valence-corrected chi connectivity index (χ4v) is 5.34. The number of aliphatic hydroxyl groups is 1. The van der Waals surface area contributed by atoms with Crippen LogP contribution in [0.2, 0.25) is 0 Å². The number of amides is 3. The largest absolute Gasteiger partial charge is 0.391 e. The van der Waals surface area contributed by atoms with Crippen LogP contribution < -0.4 is 10.6 Å². The molecule has 1 aromatic heterocycles. The highest BCUT2D eigenvalue weighted by molar-refractivity contribution is 7.13. The van der Waals surface area contributed by atoms with Crippen molar-refractivity contribution in [1.82, 2.24) is 20.5 Å². The number of benzene rings is 1. The van der Waals surface area contributed by atoms with E-state index >= 15 is 0 Å². The SMILES string of the molecule is C#CCOCCOCCC(=O)N[C@H](C(=O)N1C[C@H](O)C[C@H]1C(=O)NCc1ccc(-c2scnc2C)cc1)C(C)(C)C. The Bertz CT molecular complexity index is 1220. The number of β-amino-alcohol motifs (C(OH)–C–C–N with tert-alkyl or cyclic N) is 1. The highest BCUT2D eigenvalue weighted by Gasteiger charge is 2.44. The Labute approximate surface area is 245 Å². The zero-order valence-corrected chi connectivity index (χ0v) is 25.0. The number of nitrogens with zero attached hydrogens (tertiary/aromatic N) is 2. The quantitative estimate of drug-likeness (QED) is 0.243. The molecule has 0 spiro atoms. The minimum atomic E-state index is -0.891. The van der Waals surface area contributed by atoms with Gasteiger partial charge in [-0.2, -0.15) is 0 Å². The van der Waals surface area contributed by atoms with Gasteiger partial charge in [-0.15, -0.1) is 17.8 Å². The monoisotopic (exact) mass is 584 g/mol. The zero-order valence-electron chi connectivity index (χ0n) is 24.1. The molecule has 3 amide bonds. The molecule has 2 aromatic rings. The first kappa shape index (κ1) is 32.2. The van der Waals surface area contributed by atoms with E-state index in [0.29, 0.717) is 13.2 Å². The standard InChI is InChI=1S/C30H40N4O6S/c1-6-12-39-14-15-40-13-11-25(36)33-27(30(3,4)5)29(38)34-18-23(35)16-24(34)28(37)31-17-21-7-9-22(10-8-21)26-20(2)32-19-41-26/h1,7-10,19,23-24,27,35H,11-18H2,2-5H3,(H,31,37)(H,33,36)/t23-,24+,27-/m1/s1. The normalized spacial score (nSPS) is 17.6. The number of likely N-dealkylation sites (tertiary alicyclic amines) is 1. The molecule has 0 aliphatic carbocycles. The Kier molecular flexibility index (Phi) is 11.8. The Morgan fingerprint density at radius 2 is 1.90 bits per heavy atom. The molecule has 1 saturated heterocycles. The summed E-state index contributed by atoms with van der Waals surface area (Å²) < 4.78 is 10.5. The van der Waals surface area contributed by atoms with Gasteiger partial charge in [0.1, 0.15) is 18.7 Å². The average molecular weight is 585 g/mol. The predicted molar refractivity (Wildman–Crippen MR) is 157 cm³/mol. The fraction of sp³-hybridized carbons (Fsp3) is 0.533. The van der Waals surface area contributed by atoms with Gasteiger partial charge >= 0.3 is 0 Å². The molecule has 3 N–H and O–H groups in total. The average Bonchev–Trinajstić information content (AvgIpc) is 3.54. The van der Waals surface area contributed by atoms with Crippen LogP contribution in [0.3, 0.4) is 0 Å². The first-order chi connectivity index (χ1) is 19.5. The maximum Gasteiger partial charge on any atom is 0.246 e. The lowest BCUT2D eigenvalue weighted by Crippen LogP contribution is -2.57. The third-order valence-electron chi connectivity index (χ3n) is 6.74. The van der Waals surface area contributed by atoms with Crippen LogP contribution in [-0.4, -0.2) is 83.9 Å². The topological polar surface area (TPSA) is 130 Å². The van der Waals surface area contributed by atoms with Crippen LogP contribution in [0.4, 0.5) is 0 Å². The Morgan fingerprint density at radius 1 is 1.20 bits per heavy atom. The van der Waals surface area contributed by atoms with Gasteiger partial charge in [0.2, 0.25) is 17.7 Å². The summed E-state index contributed by atoms with van der Waals surface area (Å²) in [6.07, 6.45) is 4.47. The second kappa shape index (κ2) is 15.1. The van der Waals surface area contributed by atoms with E-state index in [4.69, 9.17) is 15.9 Å². The lowest BCUT2D eigenvalue weighted by molar-refractivity contribution is -0.144. The molecule has 10 nitrogen and oxygen atoms in total. The molecule has 1 aliphatic rings. The summed E-state index contributed by atoms with van der Waals surface area (Å²) in [6, 6.07) is 6.14. The number of aryl methyl sites for hydroxylation is 1. The molecular formula is C30H40N4O6S. The minimum Gasteiger partial charge on any atom is -0.391 e. The van der Waals surface area contributed by atoms with E-state index in [1.807, 2.05) is 57.5 Å². The molecule has 11 heteroatoms. The van der Waals surface area contributed by atoms with Gasteiger partial charge in [0.25, 0.3) is 0 Å². The van der Waals surface area contributed by atoms with Crippen molar-refractivity contribution in [1.29, 1.82) is 0 Å². The van der Waals surface area contributed by atoms with Gasteiger partial charge in [-0.3, -0.25) is 14.4 Å². The number of nitrogens with one attached hydrogen (secondary N) is 2. The molecule has 3 rings (SSSR count). The van der Waals surface area contributed by atoms with Crippen LogP contribution in [0, 0.1) is 24.7 Å². The molecule has 0 radical (unpaired) electrons. The van der Waals surface area contributed by atoms with Crippen LogP contribution in [0.5, 0.6) is 0 Å². The summed E-state index contributed by atoms with van der Waals surface area (Å²) in [5, 5.41) is 16.1. The van der Waals surface area contributed by atoms with E-state index in [1.165, 1.54) is 4.90 Å². The molecule has 3 atom stereocenters. The van der Waals surface area contributed by atoms with Crippen LogP contribution >= 0.6 is 11.3 Å². The first-order valence-electron chi connectivity index (χ1n) is 13.6. The molecule has 1 aliphatic heterocycles. The molecule has 1 fully saturated rings. The number of aliphatic hydroxyl groups excluding tert-OH is 1. The maximum absolute atomic E-state index is 13.7. The summed E-state index contributed by atoms with van der Waals surface area (Å²) in [5.74, 6) is 1.26. The summed E-state index contributed by atoms with van der Waals surface area (Å²) in [4.78, 5) is 46.3. The number of ether oxygens (including phenoxy) is 2.